The van der Waals surface area contributed by atoms with Gasteiger partial charge in [0, 0.05) is 11.1 Å². The van der Waals surface area contributed by atoms with Gasteiger partial charge in [-0.05, 0) is 36.4 Å². The minimum Gasteiger partial charge on any atom is -0.478 e. The van der Waals surface area contributed by atoms with Crippen molar-refractivity contribution in [3.05, 3.63) is 66.2 Å². The van der Waals surface area contributed by atoms with Gasteiger partial charge < -0.3 is 5.11 Å². The van der Waals surface area contributed by atoms with Gasteiger partial charge in [-0.25, -0.2) is 24.1 Å². The minimum absolute atomic E-state index is 0.154. The van der Waals surface area contributed by atoms with Crippen LogP contribution < -0.4 is 0 Å². The molecule has 0 unspecified atom stereocenters. The van der Waals surface area contributed by atoms with Gasteiger partial charge in [0.05, 0.1) is 5.56 Å². The molecule has 0 saturated carbocycles. The molecule has 1 aromatic heterocycles. The molecular formula is C18H16FN3O2. The molecule has 122 valence electrons. The van der Waals surface area contributed by atoms with Crippen LogP contribution in [0.2, 0.25) is 0 Å². The predicted molar refractivity (Wildman–Crippen MR) is 89.0 cm³/mol. The molecule has 3 aromatic rings. The van der Waals surface area contributed by atoms with E-state index in [1.165, 1.54) is 30.6 Å². The third kappa shape index (κ3) is 3.98. The van der Waals surface area contributed by atoms with Crippen LogP contribution in [-0.4, -0.2) is 26.0 Å². The van der Waals surface area contributed by atoms with Crippen molar-refractivity contribution in [1.29, 1.82) is 0 Å². The van der Waals surface area contributed by atoms with E-state index in [1.807, 2.05) is 13.8 Å². The zero-order valence-corrected chi connectivity index (χ0v) is 13.3. The Morgan fingerprint density at radius 2 is 1.58 bits per heavy atom. The van der Waals surface area contributed by atoms with Gasteiger partial charge >= 0.3 is 5.97 Å². The zero-order chi connectivity index (χ0) is 17.5. The average Bonchev–Trinajstić information content (AvgIpc) is 2.64. The molecule has 0 atom stereocenters. The normalized spacial score (nSPS) is 9.79. The maximum Gasteiger partial charge on any atom is 0.335 e. The summed E-state index contributed by atoms with van der Waals surface area (Å²) in [5, 5.41) is 9.03. The number of hydrogen-bond acceptors (Lipinski definition) is 4. The van der Waals surface area contributed by atoms with Crippen LogP contribution in [0, 0.1) is 5.82 Å². The first kappa shape index (κ1) is 17.2. The molecule has 0 amide bonds. The van der Waals surface area contributed by atoms with Gasteiger partial charge in [0.1, 0.15) is 12.1 Å². The molecule has 6 heteroatoms. The van der Waals surface area contributed by atoms with Gasteiger partial charge in [0.2, 0.25) is 0 Å². The van der Waals surface area contributed by atoms with Crippen LogP contribution in [0.4, 0.5) is 4.39 Å². The van der Waals surface area contributed by atoms with E-state index in [0.717, 1.165) is 0 Å². The fraction of sp³-hybridized carbons (Fsp3) is 0.111. The van der Waals surface area contributed by atoms with Gasteiger partial charge in [0.25, 0.3) is 0 Å². The topological polar surface area (TPSA) is 76.0 Å². The Morgan fingerprint density at radius 3 is 2.21 bits per heavy atom. The number of nitrogens with zero attached hydrogens (tertiary/aromatic N) is 3. The SMILES string of the molecule is CC.O=C(O)c1cccc(-c2ncnc(-c3ccc(F)cc3)n2)c1. The van der Waals surface area contributed by atoms with E-state index in [1.54, 1.807) is 24.3 Å². The summed E-state index contributed by atoms with van der Waals surface area (Å²) in [6.45, 7) is 4.00. The van der Waals surface area contributed by atoms with Crippen LogP contribution >= 0.6 is 0 Å². The van der Waals surface area contributed by atoms with E-state index in [9.17, 15) is 9.18 Å². The molecule has 3 rings (SSSR count). The number of hydrogen-bond donors (Lipinski definition) is 1. The van der Waals surface area contributed by atoms with E-state index in [0.29, 0.717) is 22.8 Å². The van der Waals surface area contributed by atoms with Crippen molar-refractivity contribution in [3.8, 4) is 22.8 Å². The second-order valence-corrected chi connectivity index (χ2v) is 4.53. The molecule has 5 nitrogen and oxygen atoms in total. The van der Waals surface area contributed by atoms with E-state index in [4.69, 9.17) is 5.11 Å². The molecule has 0 radical (unpaired) electrons. The molecule has 0 bridgehead atoms. The number of aromatic carboxylic acids is 1. The molecule has 0 fully saturated rings. The number of rotatable bonds is 3. The van der Waals surface area contributed by atoms with Crippen molar-refractivity contribution in [2.75, 3.05) is 0 Å². The summed E-state index contributed by atoms with van der Waals surface area (Å²) in [4.78, 5) is 23.4. The lowest BCUT2D eigenvalue weighted by Gasteiger charge is -2.04. The summed E-state index contributed by atoms with van der Waals surface area (Å²) < 4.78 is 13.0. The molecule has 0 aliphatic rings. The highest BCUT2D eigenvalue weighted by Crippen LogP contribution is 2.20. The van der Waals surface area contributed by atoms with Crippen LogP contribution in [0.15, 0.2) is 54.9 Å². The van der Waals surface area contributed by atoms with Gasteiger partial charge in [-0.2, -0.15) is 0 Å². The summed E-state index contributed by atoms with van der Waals surface area (Å²) in [6, 6.07) is 12.1. The molecule has 0 aliphatic carbocycles. The van der Waals surface area contributed by atoms with Gasteiger partial charge in [-0.1, -0.05) is 26.0 Å². The second-order valence-electron chi connectivity index (χ2n) is 4.53. The molecule has 24 heavy (non-hydrogen) atoms. The van der Waals surface area contributed by atoms with E-state index in [2.05, 4.69) is 15.0 Å². The quantitative estimate of drug-likeness (QED) is 0.785. The summed E-state index contributed by atoms with van der Waals surface area (Å²) in [6.07, 6.45) is 1.34. The first-order valence-electron chi connectivity index (χ1n) is 7.42. The fourth-order valence-corrected chi connectivity index (χ4v) is 1.96. The number of aromatic nitrogens is 3. The monoisotopic (exact) mass is 325 g/mol. The van der Waals surface area contributed by atoms with Crippen LogP contribution in [0.5, 0.6) is 0 Å². The molecule has 1 heterocycles. The summed E-state index contributed by atoms with van der Waals surface area (Å²) in [5.41, 5.74) is 1.38. The molecule has 0 spiro atoms. The van der Waals surface area contributed by atoms with Gasteiger partial charge in [-0.15, -0.1) is 0 Å². The maximum atomic E-state index is 13.0. The summed E-state index contributed by atoms with van der Waals surface area (Å²) >= 11 is 0. The van der Waals surface area contributed by atoms with Crippen molar-refractivity contribution >= 4 is 5.97 Å². The van der Waals surface area contributed by atoms with Crippen LogP contribution in [-0.2, 0) is 0 Å². The first-order valence-corrected chi connectivity index (χ1v) is 7.42. The number of carboxylic acids is 1. The van der Waals surface area contributed by atoms with Crippen LogP contribution in [0.3, 0.4) is 0 Å². The summed E-state index contributed by atoms with van der Waals surface area (Å²) in [7, 11) is 0. The second kappa shape index (κ2) is 7.92. The van der Waals surface area contributed by atoms with Crippen molar-refractivity contribution < 1.29 is 14.3 Å². The fourth-order valence-electron chi connectivity index (χ4n) is 1.96. The van der Waals surface area contributed by atoms with Crippen molar-refractivity contribution in [3.63, 3.8) is 0 Å². The Hall–Kier alpha value is -3.15. The lowest BCUT2D eigenvalue weighted by molar-refractivity contribution is 0.0697. The Bertz CT molecular complexity index is 836. The van der Waals surface area contributed by atoms with E-state index in [-0.39, 0.29) is 11.4 Å². The van der Waals surface area contributed by atoms with Crippen LogP contribution in [0.25, 0.3) is 22.8 Å². The minimum atomic E-state index is -1.02. The number of carbonyl (C=O) groups is 1. The third-order valence-corrected chi connectivity index (χ3v) is 3.04. The van der Waals surface area contributed by atoms with Crippen molar-refractivity contribution in [1.82, 2.24) is 15.0 Å². The standard InChI is InChI=1S/C16H10FN3O2.C2H6/c17-13-6-4-10(5-7-13)14-18-9-19-15(20-14)11-2-1-3-12(8-11)16(21)22;1-2/h1-9H,(H,21,22);1-2H3. The Labute approximate surface area is 138 Å². The zero-order valence-electron chi connectivity index (χ0n) is 13.3. The third-order valence-electron chi connectivity index (χ3n) is 3.04. The predicted octanol–water partition coefficient (Wildman–Crippen LogP) is 4.07. The number of carboxylic acid groups (broad SMARTS) is 1. The smallest absolute Gasteiger partial charge is 0.335 e. The molecule has 2 aromatic carbocycles. The van der Waals surface area contributed by atoms with Gasteiger partial charge in [0.15, 0.2) is 11.6 Å². The molecule has 0 saturated heterocycles. The van der Waals surface area contributed by atoms with E-state index < -0.39 is 5.97 Å². The highest BCUT2D eigenvalue weighted by molar-refractivity contribution is 5.89. The lowest BCUT2D eigenvalue weighted by Crippen LogP contribution is -1.98. The van der Waals surface area contributed by atoms with Gasteiger partial charge in [-0.3, -0.25) is 0 Å². The average molecular weight is 325 g/mol. The highest BCUT2D eigenvalue weighted by Gasteiger charge is 2.09. The molecular weight excluding hydrogens is 309 g/mol. The number of halogens is 1. The van der Waals surface area contributed by atoms with E-state index >= 15 is 0 Å². The molecule has 1 N–H and O–H groups in total. The van der Waals surface area contributed by atoms with Crippen molar-refractivity contribution in [2.24, 2.45) is 0 Å². The Balaban J connectivity index is 0.00000100. The maximum absolute atomic E-state index is 13.0. The van der Waals surface area contributed by atoms with Crippen molar-refractivity contribution in [2.45, 2.75) is 13.8 Å². The Morgan fingerprint density at radius 1 is 0.958 bits per heavy atom. The largest absolute Gasteiger partial charge is 0.478 e. The highest BCUT2D eigenvalue weighted by atomic mass is 19.1. The Kier molecular flexibility index (Phi) is 5.68. The molecule has 0 aliphatic heterocycles. The summed E-state index contributed by atoms with van der Waals surface area (Å²) in [5.74, 6) is -0.606. The number of benzene rings is 2. The first-order chi connectivity index (χ1) is 11.6. The lowest BCUT2D eigenvalue weighted by atomic mass is 10.1. The van der Waals surface area contributed by atoms with Crippen LogP contribution in [0.1, 0.15) is 24.2 Å².